The number of alkyl halides is 3. The summed E-state index contributed by atoms with van der Waals surface area (Å²) in [6.07, 6.45) is -3.13. The van der Waals surface area contributed by atoms with Crippen LogP contribution < -0.4 is 15.8 Å². The summed E-state index contributed by atoms with van der Waals surface area (Å²) in [5.41, 5.74) is 8.46. The van der Waals surface area contributed by atoms with Gasteiger partial charge in [-0.2, -0.15) is 0 Å². The van der Waals surface area contributed by atoms with Gasteiger partial charge < -0.3 is 15.8 Å². The molecule has 0 bridgehead atoms. The van der Waals surface area contributed by atoms with Crippen LogP contribution in [0.1, 0.15) is 30.4 Å². The number of nitrogens with two attached hydrogens (primary N) is 1. The summed E-state index contributed by atoms with van der Waals surface area (Å²) in [5.74, 6) is -0.0586. The molecule has 7 heteroatoms. The molecule has 0 aliphatic heterocycles. The lowest BCUT2D eigenvalue weighted by molar-refractivity contribution is -0.274. The first-order valence-corrected chi connectivity index (χ1v) is 8.39. The molecule has 0 spiro atoms. The highest BCUT2D eigenvalue weighted by Crippen LogP contribution is 2.47. The lowest BCUT2D eigenvalue weighted by atomic mass is 10.1. The van der Waals surface area contributed by atoms with Crippen LogP contribution in [0.3, 0.4) is 0 Å². The first kappa shape index (κ1) is 18.1. The number of halogens is 3. The van der Waals surface area contributed by atoms with Gasteiger partial charge in [0.15, 0.2) is 5.96 Å². The fourth-order valence-corrected chi connectivity index (χ4v) is 2.85. The Hall–Kier alpha value is -2.70. The van der Waals surface area contributed by atoms with Gasteiger partial charge in [0, 0.05) is 11.6 Å². The molecule has 4 nitrogen and oxygen atoms in total. The van der Waals surface area contributed by atoms with Gasteiger partial charge in [0.1, 0.15) is 5.75 Å². The van der Waals surface area contributed by atoms with Crippen molar-refractivity contribution in [1.82, 2.24) is 0 Å². The van der Waals surface area contributed by atoms with Crippen molar-refractivity contribution >= 4 is 11.6 Å². The lowest BCUT2D eigenvalue weighted by Gasteiger charge is -2.12. The first-order valence-electron chi connectivity index (χ1n) is 8.39. The van der Waals surface area contributed by atoms with Gasteiger partial charge >= 0.3 is 6.36 Å². The number of aryl methyl sites for hydroxylation is 1. The summed E-state index contributed by atoms with van der Waals surface area (Å²) in [4.78, 5) is 4.37. The van der Waals surface area contributed by atoms with Gasteiger partial charge in [0.05, 0.1) is 6.04 Å². The molecule has 3 rings (SSSR count). The number of ether oxygens (including phenoxy) is 1. The number of anilines is 1. The van der Waals surface area contributed by atoms with Gasteiger partial charge in [0.2, 0.25) is 0 Å². The van der Waals surface area contributed by atoms with Crippen molar-refractivity contribution in [3.8, 4) is 5.75 Å². The molecule has 0 heterocycles. The minimum atomic E-state index is -4.71. The van der Waals surface area contributed by atoms with Gasteiger partial charge in [-0.15, -0.1) is 13.2 Å². The Balaban J connectivity index is 1.65. The second kappa shape index (κ2) is 7.27. The zero-order valence-corrected chi connectivity index (χ0v) is 14.3. The van der Waals surface area contributed by atoms with Crippen LogP contribution in [-0.2, 0) is 6.42 Å². The number of benzene rings is 2. The Kier molecular flexibility index (Phi) is 5.06. The third-order valence-corrected chi connectivity index (χ3v) is 4.24. The Morgan fingerprint density at radius 3 is 2.54 bits per heavy atom. The number of guanidine groups is 1. The summed E-state index contributed by atoms with van der Waals surface area (Å²) in [5, 5.41) is 3.01. The van der Waals surface area contributed by atoms with Gasteiger partial charge in [-0.25, -0.2) is 4.99 Å². The van der Waals surface area contributed by atoms with Crippen molar-refractivity contribution in [3.05, 3.63) is 59.7 Å². The predicted octanol–water partition coefficient (Wildman–Crippen LogP) is 4.43. The normalized spacial score (nSPS) is 19.9. The average Bonchev–Trinajstić information content (AvgIpc) is 3.33. The van der Waals surface area contributed by atoms with Crippen molar-refractivity contribution in [2.24, 2.45) is 10.7 Å². The molecule has 2 aromatic carbocycles. The van der Waals surface area contributed by atoms with E-state index in [1.54, 1.807) is 12.1 Å². The van der Waals surface area contributed by atoms with Crippen molar-refractivity contribution in [2.45, 2.75) is 38.1 Å². The molecule has 0 amide bonds. The number of nitrogens with zero attached hydrogens (tertiary/aromatic N) is 1. The quantitative estimate of drug-likeness (QED) is 0.610. The van der Waals surface area contributed by atoms with Crippen molar-refractivity contribution in [2.75, 3.05) is 5.32 Å². The third-order valence-electron chi connectivity index (χ3n) is 4.24. The second-order valence-corrected chi connectivity index (χ2v) is 6.18. The maximum absolute atomic E-state index is 12.5. The topological polar surface area (TPSA) is 59.6 Å². The average molecular weight is 363 g/mol. The smallest absolute Gasteiger partial charge is 0.405 e. The van der Waals surface area contributed by atoms with Gasteiger partial charge in [-0.1, -0.05) is 37.3 Å². The highest BCUT2D eigenvalue weighted by atomic mass is 19.4. The fourth-order valence-electron chi connectivity index (χ4n) is 2.85. The zero-order chi connectivity index (χ0) is 18.7. The Bertz CT molecular complexity index is 787. The van der Waals surface area contributed by atoms with Crippen LogP contribution in [0.15, 0.2) is 53.5 Å². The number of aliphatic imine (C=N–C) groups is 1. The zero-order valence-electron chi connectivity index (χ0n) is 14.3. The number of para-hydroxylation sites is 1. The largest absolute Gasteiger partial charge is 0.573 e. The van der Waals surface area contributed by atoms with Gasteiger partial charge in [-0.05, 0) is 42.2 Å². The molecule has 138 valence electrons. The molecule has 0 radical (unpaired) electrons. The minimum absolute atomic E-state index is 0.128. The van der Waals surface area contributed by atoms with E-state index >= 15 is 0 Å². The minimum Gasteiger partial charge on any atom is -0.405 e. The number of nitrogens with one attached hydrogen (secondary N) is 1. The molecule has 1 saturated carbocycles. The maximum Gasteiger partial charge on any atom is 0.573 e. The van der Waals surface area contributed by atoms with E-state index in [1.165, 1.54) is 17.7 Å². The molecule has 26 heavy (non-hydrogen) atoms. The van der Waals surface area contributed by atoms with E-state index in [2.05, 4.69) is 22.0 Å². The number of rotatable bonds is 5. The molecular formula is C19H20F3N3O. The predicted molar refractivity (Wildman–Crippen MR) is 95.3 cm³/mol. The SMILES string of the molecule is CCc1ccc(NC(N)=NC2CC2c2ccccc2OC(F)(F)F)cc1. The number of hydrogen-bond acceptors (Lipinski definition) is 2. The van der Waals surface area contributed by atoms with E-state index in [-0.39, 0.29) is 23.7 Å². The molecule has 1 aliphatic rings. The van der Waals surface area contributed by atoms with E-state index in [0.29, 0.717) is 12.0 Å². The van der Waals surface area contributed by atoms with Crippen LogP contribution in [0.2, 0.25) is 0 Å². The maximum atomic E-state index is 12.5. The standard InChI is InChI=1S/C19H20F3N3O/c1-2-12-7-9-13(10-8-12)24-18(23)25-16-11-15(16)14-5-3-4-6-17(14)26-19(20,21)22/h3-10,15-16H,2,11H2,1H3,(H3,23,24,25). The highest BCUT2D eigenvalue weighted by molar-refractivity contribution is 5.92. The summed E-state index contributed by atoms with van der Waals surface area (Å²) in [6.45, 7) is 2.08. The first-order chi connectivity index (χ1) is 12.4. The molecule has 0 saturated heterocycles. The van der Waals surface area contributed by atoms with Crippen LogP contribution >= 0.6 is 0 Å². The molecule has 0 aromatic heterocycles. The summed E-state index contributed by atoms with van der Waals surface area (Å²) in [7, 11) is 0. The second-order valence-electron chi connectivity index (χ2n) is 6.18. The highest BCUT2D eigenvalue weighted by Gasteiger charge is 2.42. The van der Waals surface area contributed by atoms with E-state index in [9.17, 15) is 13.2 Å². The van der Waals surface area contributed by atoms with Crippen LogP contribution in [0, 0.1) is 0 Å². The van der Waals surface area contributed by atoms with E-state index < -0.39 is 6.36 Å². The van der Waals surface area contributed by atoms with Crippen molar-refractivity contribution in [3.63, 3.8) is 0 Å². The Morgan fingerprint density at radius 1 is 1.19 bits per heavy atom. The van der Waals surface area contributed by atoms with E-state index in [0.717, 1.165) is 12.1 Å². The molecule has 1 aliphatic carbocycles. The monoisotopic (exact) mass is 363 g/mol. The van der Waals surface area contributed by atoms with Crippen molar-refractivity contribution < 1.29 is 17.9 Å². The molecule has 3 N–H and O–H groups in total. The van der Waals surface area contributed by atoms with Gasteiger partial charge in [0.25, 0.3) is 0 Å². The van der Waals surface area contributed by atoms with Crippen LogP contribution in [-0.4, -0.2) is 18.4 Å². The summed E-state index contributed by atoms with van der Waals surface area (Å²) >= 11 is 0. The van der Waals surface area contributed by atoms with Gasteiger partial charge in [-0.3, -0.25) is 0 Å². The molecular weight excluding hydrogens is 343 g/mol. The fraction of sp³-hybridized carbons (Fsp3) is 0.316. The van der Waals surface area contributed by atoms with Crippen LogP contribution in [0.4, 0.5) is 18.9 Å². The van der Waals surface area contributed by atoms with Crippen LogP contribution in [0.25, 0.3) is 0 Å². The molecule has 2 unspecified atom stereocenters. The van der Waals surface area contributed by atoms with Crippen molar-refractivity contribution in [1.29, 1.82) is 0 Å². The molecule has 1 fully saturated rings. The Morgan fingerprint density at radius 2 is 1.88 bits per heavy atom. The lowest BCUT2D eigenvalue weighted by Crippen LogP contribution is -2.23. The molecule has 2 aromatic rings. The molecule has 2 atom stereocenters. The summed E-state index contributed by atoms with van der Waals surface area (Å²) < 4.78 is 41.7. The Labute approximate surface area is 149 Å². The van der Waals surface area contributed by atoms with Crippen LogP contribution in [0.5, 0.6) is 5.75 Å². The van der Waals surface area contributed by atoms with E-state index in [4.69, 9.17) is 5.73 Å². The third kappa shape index (κ3) is 4.68. The number of hydrogen-bond donors (Lipinski definition) is 2. The summed E-state index contributed by atoms with van der Waals surface area (Å²) in [6, 6.07) is 13.8. The van der Waals surface area contributed by atoms with E-state index in [1.807, 2.05) is 24.3 Å².